The molecule has 4 aromatic rings. The van der Waals surface area contributed by atoms with Crippen LogP contribution in [0.4, 0.5) is 34.9 Å². The number of benzene rings is 3. The molecular formula is C27H26ClN9O. The maximum absolute atomic E-state index is 10.3. The van der Waals surface area contributed by atoms with E-state index in [1.807, 2.05) is 30.3 Å². The van der Waals surface area contributed by atoms with Crippen LogP contribution in [0, 0.1) is 0 Å². The molecule has 0 unspecified atom stereocenters. The number of nitrogens with zero attached hydrogens (tertiary/aromatic N) is 7. The number of piperidine rings is 1. The Morgan fingerprint density at radius 3 is 2.37 bits per heavy atom. The number of aromatic nitrogens is 3. The van der Waals surface area contributed by atoms with Crippen LogP contribution in [0.1, 0.15) is 24.8 Å². The van der Waals surface area contributed by atoms with Crippen LogP contribution in [0.2, 0.25) is 5.02 Å². The molecule has 1 saturated heterocycles. The topological polar surface area (TPSA) is 123 Å². The van der Waals surface area contributed by atoms with E-state index in [1.165, 1.54) is 18.7 Å². The fourth-order valence-electron chi connectivity index (χ4n) is 3.88. The monoisotopic (exact) mass is 527 g/mol. The molecule has 0 bridgehead atoms. The van der Waals surface area contributed by atoms with E-state index in [-0.39, 0.29) is 11.7 Å². The second-order valence-electron chi connectivity index (χ2n) is 8.61. The van der Waals surface area contributed by atoms with Gasteiger partial charge in [0.2, 0.25) is 17.8 Å². The van der Waals surface area contributed by atoms with Crippen LogP contribution in [0.25, 0.3) is 0 Å². The molecule has 0 amide bonds. The van der Waals surface area contributed by atoms with Gasteiger partial charge in [0, 0.05) is 29.4 Å². The molecule has 0 spiro atoms. The maximum atomic E-state index is 10.3. The summed E-state index contributed by atoms with van der Waals surface area (Å²) in [6.45, 7) is 1.78. The van der Waals surface area contributed by atoms with Gasteiger partial charge in [0.05, 0.1) is 17.6 Å². The highest BCUT2D eigenvalue weighted by Crippen LogP contribution is 2.25. The average molecular weight is 528 g/mol. The van der Waals surface area contributed by atoms with Crippen molar-refractivity contribution in [2.75, 3.05) is 28.7 Å². The molecule has 1 aliphatic rings. The molecule has 1 aromatic heterocycles. The van der Waals surface area contributed by atoms with Gasteiger partial charge in [-0.2, -0.15) is 30.3 Å². The van der Waals surface area contributed by atoms with Crippen molar-refractivity contribution < 1.29 is 5.11 Å². The molecule has 0 radical (unpaired) electrons. The van der Waals surface area contributed by atoms with Crippen LogP contribution in [0.3, 0.4) is 0 Å². The van der Waals surface area contributed by atoms with Gasteiger partial charge in [0.25, 0.3) is 0 Å². The number of hydrazone groups is 1. The van der Waals surface area contributed by atoms with Gasteiger partial charge in [-0.05, 0) is 67.8 Å². The zero-order chi connectivity index (χ0) is 26.2. The number of aromatic hydroxyl groups is 1. The van der Waals surface area contributed by atoms with Crippen LogP contribution < -0.4 is 15.6 Å². The summed E-state index contributed by atoms with van der Waals surface area (Å²) in [5.74, 6) is 1.33. The van der Waals surface area contributed by atoms with Gasteiger partial charge >= 0.3 is 0 Å². The smallest absolute Gasteiger partial charge is 0.250 e. The van der Waals surface area contributed by atoms with Crippen molar-refractivity contribution >= 4 is 52.7 Å². The predicted molar refractivity (Wildman–Crippen MR) is 151 cm³/mol. The number of halogens is 1. The van der Waals surface area contributed by atoms with Gasteiger partial charge in [-0.25, -0.2) is 5.43 Å². The minimum atomic E-state index is 0.0494. The fraction of sp³-hybridized carbons (Fsp3) is 0.185. The van der Waals surface area contributed by atoms with Crippen LogP contribution >= 0.6 is 11.6 Å². The fourth-order valence-corrected chi connectivity index (χ4v) is 4.06. The molecule has 1 fully saturated rings. The highest BCUT2D eigenvalue weighted by atomic mass is 35.5. The molecule has 1 aliphatic heterocycles. The molecule has 3 N–H and O–H groups in total. The SMILES string of the molecule is Oc1ccc(N=Nc2cccc(Cl)c2)cc1/C=N\Nc1nc(Nc2ccccc2)nc(N2CCCCC2)n1. The number of phenolic OH excluding ortho intramolecular Hbond substituents is 1. The lowest BCUT2D eigenvalue weighted by atomic mass is 10.1. The zero-order valence-corrected chi connectivity index (χ0v) is 21.3. The third-order valence-electron chi connectivity index (χ3n) is 5.76. The molecule has 10 nitrogen and oxygen atoms in total. The van der Waals surface area contributed by atoms with Gasteiger partial charge in [0.1, 0.15) is 5.75 Å². The summed E-state index contributed by atoms with van der Waals surface area (Å²) in [6, 6.07) is 21.7. The van der Waals surface area contributed by atoms with E-state index >= 15 is 0 Å². The molecule has 0 aliphatic carbocycles. The van der Waals surface area contributed by atoms with Crippen molar-refractivity contribution in [2.45, 2.75) is 19.3 Å². The first kappa shape index (κ1) is 25.1. The Hall–Kier alpha value is -4.57. The molecule has 38 heavy (non-hydrogen) atoms. The van der Waals surface area contributed by atoms with E-state index < -0.39 is 0 Å². The first-order valence-electron chi connectivity index (χ1n) is 12.2. The summed E-state index contributed by atoms with van der Waals surface area (Å²) in [5, 5.41) is 26.8. The zero-order valence-electron chi connectivity index (χ0n) is 20.5. The molecular weight excluding hydrogens is 502 g/mol. The highest BCUT2D eigenvalue weighted by Gasteiger charge is 2.16. The van der Waals surface area contributed by atoms with Gasteiger partial charge in [-0.3, -0.25) is 0 Å². The van der Waals surface area contributed by atoms with E-state index in [4.69, 9.17) is 11.6 Å². The second kappa shape index (κ2) is 12.1. The first-order chi connectivity index (χ1) is 18.6. The second-order valence-corrected chi connectivity index (χ2v) is 9.05. The summed E-state index contributed by atoms with van der Waals surface area (Å²) < 4.78 is 0. The van der Waals surface area contributed by atoms with E-state index in [0.29, 0.717) is 33.9 Å². The predicted octanol–water partition coefficient (Wildman–Crippen LogP) is 6.83. The Morgan fingerprint density at radius 2 is 1.58 bits per heavy atom. The first-order valence-corrected chi connectivity index (χ1v) is 12.6. The van der Waals surface area contributed by atoms with Crippen molar-refractivity contribution in [1.29, 1.82) is 0 Å². The number of nitrogens with one attached hydrogen (secondary N) is 2. The molecule has 11 heteroatoms. The Bertz CT molecular complexity index is 1440. The highest BCUT2D eigenvalue weighted by molar-refractivity contribution is 6.30. The van der Waals surface area contributed by atoms with Crippen molar-refractivity contribution in [2.24, 2.45) is 15.3 Å². The van der Waals surface area contributed by atoms with Gasteiger partial charge < -0.3 is 15.3 Å². The van der Waals surface area contributed by atoms with Crippen LogP contribution in [-0.4, -0.2) is 39.4 Å². The quantitative estimate of drug-likeness (QED) is 0.130. The summed E-state index contributed by atoms with van der Waals surface area (Å²) in [7, 11) is 0. The molecule has 2 heterocycles. The molecule has 192 valence electrons. The van der Waals surface area contributed by atoms with Crippen molar-refractivity contribution in [3.05, 3.63) is 83.4 Å². The van der Waals surface area contributed by atoms with Gasteiger partial charge in [0.15, 0.2) is 0 Å². The average Bonchev–Trinajstić information content (AvgIpc) is 2.94. The number of hydrogen-bond acceptors (Lipinski definition) is 10. The third-order valence-corrected chi connectivity index (χ3v) is 6.00. The number of rotatable bonds is 8. The number of azo groups is 1. The number of hydrogen-bond donors (Lipinski definition) is 3. The van der Waals surface area contributed by atoms with E-state index in [9.17, 15) is 5.11 Å². The summed E-state index contributed by atoms with van der Waals surface area (Å²) >= 11 is 6.00. The molecule has 3 aromatic carbocycles. The molecule has 0 saturated carbocycles. The maximum Gasteiger partial charge on any atom is 0.250 e. The van der Waals surface area contributed by atoms with Gasteiger partial charge in [-0.1, -0.05) is 35.9 Å². The summed E-state index contributed by atoms with van der Waals surface area (Å²) in [6.07, 6.45) is 4.87. The van der Waals surface area contributed by atoms with E-state index in [1.54, 1.807) is 36.4 Å². The Kier molecular flexibility index (Phi) is 8.00. The number of para-hydroxylation sites is 1. The minimum absolute atomic E-state index is 0.0494. The lowest BCUT2D eigenvalue weighted by molar-refractivity contribution is 0.474. The third kappa shape index (κ3) is 6.80. The van der Waals surface area contributed by atoms with Crippen LogP contribution in [0.15, 0.2) is 88.1 Å². The molecule has 5 rings (SSSR count). The van der Waals surface area contributed by atoms with Crippen LogP contribution in [0.5, 0.6) is 5.75 Å². The van der Waals surface area contributed by atoms with Crippen molar-refractivity contribution in [3.63, 3.8) is 0 Å². The van der Waals surface area contributed by atoms with Crippen molar-refractivity contribution in [3.8, 4) is 5.75 Å². The van der Waals surface area contributed by atoms with E-state index in [2.05, 4.69) is 45.9 Å². The largest absolute Gasteiger partial charge is 0.507 e. The Balaban J connectivity index is 1.34. The lowest BCUT2D eigenvalue weighted by Crippen LogP contribution is -2.31. The molecule has 0 atom stereocenters. The normalized spacial score (nSPS) is 13.8. The van der Waals surface area contributed by atoms with Crippen LogP contribution in [-0.2, 0) is 0 Å². The number of anilines is 4. The lowest BCUT2D eigenvalue weighted by Gasteiger charge is -2.26. The summed E-state index contributed by atoms with van der Waals surface area (Å²) in [4.78, 5) is 15.8. The minimum Gasteiger partial charge on any atom is -0.507 e. The van der Waals surface area contributed by atoms with E-state index in [0.717, 1.165) is 31.6 Å². The van der Waals surface area contributed by atoms with Gasteiger partial charge in [-0.15, -0.1) is 0 Å². The summed E-state index contributed by atoms with van der Waals surface area (Å²) in [5.41, 5.74) is 5.36. The van der Waals surface area contributed by atoms with Crippen molar-refractivity contribution in [1.82, 2.24) is 15.0 Å². The Labute approximate surface area is 225 Å². The standard InChI is InChI=1S/C27H26ClN9O/c28-20-8-7-11-22(17-20)34-35-23-12-13-24(38)19(16-23)18-29-36-26-31-25(30-21-9-3-1-4-10-21)32-27(33-26)37-14-5-2-6-15-37/h1,3-4,7-13,16-18,38H,2,5-6,14-15H2,(H2,30,31,32,33,36)/b29-18-,35-34?. The number of phenols is 1. The Morgan fingerprint density at radius 1 is 0.816 bits per heavy atom.